The number of amides is 1. The van der Waals surface area contributed by atoms with Crippen LogP contribution >= 0.6 is 15.9 Å². The Bertz CT molecular complexity index is 448. The Morgan fingerprint density at radius 3 is 2.56 bits per heavy atom. The molecular formula is C10H9BrFNO3. The van der Waals surface area contributed by atoms with Gasteiger partial charge in [-0.1, -0.05) is 0 Å². The standard InChI is InChI=1S/C10H9BrFNO3/c1-5(14)13-9-4-8(12)7(11)3-6(9)10(15)16-2/h3-4H,1-2H3,(H,13,14). The SMILES string of the molecule is COC(=O)c1cc(Br)c(F)cc1NC(C)=O. The quantitative estimate of drug-likeness (QED) is 0.850. The van der Waals surface area contributed by atoms with Crippen LogP contribution in [0.15, 0.2) is 16.6 Å². The van der Waals surface area contributed by atoms with Gasteiger partial charge in [0.15, 0.2) is 0 Å². The van der Waals surface area contributed by atoms with E-state index >= 15 is 0 Å². The molecule has 1 amide bonds. The van der Waals surface area contributed by atoms with Crippen LogP contribution < -0.4 is 5.32 Å². The van der Waals surface area contributed by atoms with Gasteiger partial charge in [0.2, 0.25) is 5.91 Å². The summed E-state index contributed by atoms with van der Waals surface area (Å²) in [5.41, 5.74) is 0.172. The predicted molar refractivity (Wildman–Crippen MR) is 59.7 cm³/mol. The van der Waals surface area contributed by atoms with Crippen molar-refractivity contribution in [3.8, 4) is 0 Å². The van der Waals surface area contributed by atoms with Gasteiger partial charge in [0.1, 0.15) is 5.82 Å². The number of anilines is 1. The maximum atomic E-state index is 13.2. The molecule has 1 aromatic carbocycles. The second-order valence-electron chi connectivity index (χ2n) is 2.98. The number of nitrogens with one attached hydrogen (secondary N) is 1. The number of esters is 1. The molecule has 0 radical (unpaired) electrons. The number of hydrogen-bond acceptors (Lipinski definition) is 3. The molecule has 1 rings (SSSR count). The highest BCUT2D eigenvalue weighted by Gasteiger charge is 2.16. The summed E-state index contributed by atoms with van der Waals surface area (Å²) in [7, 11) is 1.21. The Balaban J connectivity index is 3.27. The molecule has 0 spiro atoms. The van der Waals surface area contributed by atoms with E-state index in [1.165, 1.54) is 20.1 Å². The van der Waals surface area contributed by atoms with Crippen molar-refractivity contribution < 1.29 is 18.7 Å². The van der Waals surface area contributed by atoms with Gasteiger partial charge in [-0.2, -0.15) is 0 Å². The lowest BCUT2D eigenvalue weighted by Gasteiger charge is -2.09. The highest BCUT2D eigenvalue weighted by molar-refractivity contribution is 9.10. The van der Waals surface area contributed by atoms with Crippen LogP contribution in [0.5, 0.6) is 0 Å². The van der Waals surface area contributed by atoms with Gasteiger partial charge in [-0.05, 0) is 28.1 Å². The number of methoxy groups -OCH3 is 1. The zero-order valence-corrected chi connectivity index (χ0v) is 10.2. The number of benzene rings is 1. The third kappa shape index (κ3) is 2.79. The molecule has 0 aliphatic heterocycles. The molecule has 0 saturated heterocycles. The first-order chi connectivity index (χ1) is 7.45. The molecule has 6 heteroatoms. The van der Waals surface area contributed by atoms with Gasteiger partial charge in [0.25, 0.3) is 0 Å². The van der Waals surface area contributed by atoms with Crippen LogP contribution in [0.2, 0.25) is 0 Å². The van der Waals surface area contributed by atoms with Crippen LogP contribution in [0.4, 0.5) is 10.1 Å². The molecule has 0 heterocycles. The van der Waals surface area contributed by atoms with Crippen LogP contribution in [-0.2, 0) is 9.53 Å². The lowest BCUT2D eigenvalue weighted by atomic mass is 10.1. The summed E-state index contributed by atoms with van der Waals surface area (Å²) >= 11 is 2.95. The largest absolute Gasteiger partial charge is 0.465 e. The fourth-order valence-electron chi connectivity index (χ4n) is 1.12. The molecule has 0 fully saturated rings. The Hall–Kier alpha value is -1.43. The highest BCUT2D eigenvalue weighted by Crippen LogP contribution is 2.25. The second kappa shape index (κ2) is 5.07. The van der Waals surface area contributed by atoms with E-state index in [-0.39, 0.29) is 15.7 Å². The van der Waals surface area contributed by atoms with E-state index in [0.29, 0.717) is 0 Å². The summed E-state index contributed by atoms with van der Waals surface area (Å²) in [6, 6.07) is 2.31. The summed E-state index contributed by atoms with van der Waals surface area (Å²) in [4.78, 5) is 22.2. The molecular weight excluding hydrogens is 281 g/mol. The predicted octanol–water partition coefficient (Wildman–Crippen LogP) is 2.33. The van der Waals surface area contributed by atoms with Crippen molar-refractivity contribution in [1.82, 2.24) is 0 Å². The fourth-order valence-corrected chi connectivity index (χ4v) is 1.46. The summed E-state index contributed by atoms with van der Waals surface area (Å²) in [5, 5.41) is 2.36. The Morgan fingerprint density at radius 1 is 1.44 bits per heavy atom. The minimum atomic E-state index is -0.649. The Kier molecular flexibility index (Phi) is 4.00. The van der Waals surface area contributed by atoms with Crippen LogP contribution in [0.1, 0.15) is 17.3 Å². The molecule has 86 valence electrons. The van der Waals surface area contributed by atoms with Crippen molar-refractivity contribution in [1.29, 1.82) is 0 Å². The number of halogens is 2. The van der Waals surface area contributed by atoms with Crippen LogP contribution in [-0.4, -0.2) is 19.0 Å². The minimum absolute atomic E-state index is 0.0834. The van der Waals surface area contributed by atoms with Crippen LogP contribution in [0.3, 0.4) is 0 Å². The number of ether oxygens (including phenoxy) is 1. The van der Waals surface area contributed by atoms with Gasteiger partial charge < -0.3 is 10.1 Å². The highest BCUT2D eigenvalue weighted by atomic mass is 79.9. The number of rotatable bonds is 2. The maximum Gasteiger partial charge on any atom is 0.340 e. The molecule has 0 atom stereocenters. The monoisotopic (exact) mass is 289 g/mol. The van der Waals surface area contributed by atoms with Crippen molar-refractivity contribution >= 4 is 33.5 Å². The van der Waals surface area contributed by atoms with Crippen molar-refractivity contribution in [3.63, 3.8) is 0 Å². The molecule has 16 heavy (non-hydrogen) atoms. The molecule has 1 N–H and O–H groups in total. The third-order valence-electron chi connectivity index (χ3n) is 1.78. The van der Waals surface area contributed by atoms with Gasteiger partial charge in [0, 0.05) is 6.92 Å². The first kappa shape index (κ1) is 12.6. The fraction of sp³-hybridized carbons (Fsp3) is 0.200. The molecule has 4 nitrogen and oxygen atoms in total. The smallest absolute Gasteiger partial charge is 0.340 e. The Labute approximate surface area is 99.9 Å². The van der Waals surface area contributed by atoms with E-state index in [1.54, 1.807) is 0 Å². The zero-order chi connectivity index (χ0) is 12.3. The summed E-state index contributed by atoms with van der Waals surface area (Å²) < 4.78 is 17.9. The molecule has 0 saturated carbocycles. The lowest BCUT2D eigenvalue weighted by Crippen LogP contribution is -2.12. The topological polar surface area (TPSA) is 55.4 Å². The van der Waals surface area contributed by atoms with E-state index in [2.05, 4.69) is 26.0 Å². The minimum Gasteiger partial charge on any atom is -0.465 e. The van der Waals surface area contributed by atoms with Gasteiger partial charge >= 0.3 is 5.97 Å². The summed E-state index contributed by atoms with van der Waals surface area (Å²) in [6.45, 7) is 1.26. The average Bonchev–Trinajstić information content (AvgIpc) is 2.21. The van der Waals surface area contributed by atoms with Crippen molar-refractivity contribution in [3.05, 3.63) is 28.0 Å². The molecule has 0 bridgehead atoms. The number of carbonyl (C=O) groups excluding carboxylic acids is 2. The molecule has 0 aliphatic rings. The van der Waals surface area contributed by atoms with Crippen LogP contribution in [0.25, 0.3) is 0 Å². The normalized spacial score (nSPS) is 9.75. The van der Waals surface area contributed by atoms with E-state index in [9.17, 15) is 14.0 Å². The summed E-state index contributed by atoms with van der Waals surface area (Å²) in [6.07, 6.45) is 0. The average molecular weight is 290 g/mol. The summed E-state index contributed by atoms with van der Waals surface area (Å²) in [5.74, 6) is -1.62. The Morgan fingerprint density at radius 2 is 2.06 bits per heavy atom. The van der Waals surface area contributed by atoms with Crippen molar-refractivity contribution in [2.45, 2.75) is 6.92 Å². The molecule has 0 unspecified atom stereocenters. The number of hydrogen-bond donors (Lipinski definition) is 1. The molecule has 1 aromatic rings. The van der Waals surface area contributed by atoms with Gasteiger partial charge in [-0.25, -0.2) is 9.18 Å². The molecule has 0 aromatic heterocycles. The lowest BCUT2D eigenvalue weighted by molar-refractivity contribution is -0.114. The zero-order valence-electron chi connectivity index (χ0n) is 8.64. The first-order valence-electron chi connectivity index (χ1n) is 4.30. The third-order valence-corrected chi connectivity index (χ3v) is 2.38. The first-order valence-corrected chi connectivity index (χ1v) is 5.10. The van der Waals surface area contributed by atoms with E-state index in [4.69, 9.17) is 0 Å². The van der Waals surface area contributed by atoms with E-state index in [1.807, 2.05) is 0 Å². The van der Waals surface area contributed by atoms with Gasteiger partial charge in [0.05, 0.1) is 22.8 Å². The van der Waals surface area contributed by atoms with Crippen LogP contribution in [0, 0.1) is 5.82 Å². The van der Waals surface area contributed by atoms with Crippen molar-refractivity contribution in [2.24, 2.45) is 0 Å². The van der Waals surface area contributed by atoms with Gasteiger partial charge in [-0.3, -0.25) is 4.79 Å². The van der Waals surface area contributed by atoms with Crippen molar-refractivity contribution in [2.75, 3.05) is 12.4 Å². The maximum absolute atomic E-state index is 13.2. The molecule has 0 aliphatic carbocycles. The second-order valence-corrected chi connectivity index (χ2v) is 3.84. The van der Waals surface area contributed by atoms with Gasteiger partial charge in [-0.15, -0.1) is 0 Å². The number of carbonyl (C=O) groups is 2. The van der Waals surface area contributed by atoms with E-state index in [0.717, 1.165) is 6.07 Å². The van der Waals surface area contributed by atoms with E-state index < -0.39 is 17.7 Å².